The van der Waals surface area contributed by atoms with Gasteiger partial charge in [-0.05, 0) is 31.6 Å². The molecule has 2 N–H and O–H groups in total. The highest BCUT2D eigenvalue weighted by Gasteiger charge is 2.17. The number of hydrogen-bond donors (Lipinski definition) is 2. The summed E-state index contributed by atoms with van der Waals surface area (Å²) in [7, 11) is 0. The van der Waals surface area contributed by atoms with Gasteiger partial charge in [0.15, 0.2) is 0 Å². The Labute approximate surface area is 112 Å². The molecule has 1 unspecified atom stereocenters. The molecule has 0 aromatic carbocycles. The van der Waals surface area contributed by atoms with E-state index in [1.807, 2.05) is 13.8 Å². The van der Waals surface area contributed by atoms with Gasteiger partial charge in [-0.3, -0.25) is 4.79 Å². The van der Waals surface area contributed by atoms with Gasteiger partial charge in [-0.15, -0.1) is 0 Å². The Kier molecular flexibility index (Phi) is 5.85. The van der Waals surface area contributed by atoms with Crippen molar-refractivity contribution in [2.24, 2.45) is 0 Å². The van der Waals surface area contributed by atoms with Gasteiger partial charge in [0.2, 0.25) is 5.91 Å². The topological polar surface area (TPSA) is 79.5 Å². The highest BCUT2D eigenvalue weighted by Crippen LogP contribution is 2.08. The lowest BCUT2D eigenvalue weighted by atomic mass is 10.1. The molecule has 5 heteroatoms. The van der Waals surface area contributed by atoms with Crippen LogP contribution >= 0.6 is 0 Å². The fourth-order valence-corrected chi connectivity index (χ4v) is 1.59. The molecule has 0 aliphatic carbocycles. The Balaban J connectivity index is 2.52. The molecule has 1 aromatic rings. The minimum Gasteiger partial charge on any atom is -0.480 e. The van der Waals surface area contributed by atoms with E-state index < -0.39 is 17.9 Å². The third-order valence-corrected chi connectivity index (χ3v) is 2.62. The third kappa shape index (κ3) is 5.42. The fourth-order valence-electron chi connectivity index (χ4n) is 1.59. The van der Waals surface area contributed by atoms with Crippen molar-refractivity contribution in [1.82, 2.24) is 5.32 Å². The minimum absolute atomic E-state index is 0.433. The van der Waals surface area contributed by atoms with Gasteiger partial charge >= 0.3 is 5.97 Å². The zero-order chi connectivity index (χ0) is 14.3. The molecule has 0 saturated heterocycles. The molecule has 1 heterocycles. The normalized spacial score (nSPS) is 12.5. The predicted molar refractivity (Wildman–Crippen MR) is 71.6 cm³/mol. The lowest BCUT2D eigenvalue weighted by molar-refractivity contribution is -0.141. The molecule has 19 heavy (non-hydrogen) atoms. The second kappa shape index (κ2) is 7.41. The van der Waals surface area contributed by atoms with E-state index >= 15 is 0 Å². The smallest absolute Gasteiger partial charge is 0.326 e. The number of aliphatic carboxylic acids is 1. The van der Waals surface area contributed by atoms with Crippen molar-refractivity contribution >= 4 is 18.0 Å². The van der Waals surface area contributed by atoms with Crippen LogP contribution in [-0.2, 0) is 9.59 Å². The summed E-state index contributed by atoms with van der Waals surface area (Å²) in [4.78, 5) is 22.6. The molecule has 1 aromatic heterocycles. The molecule has 1 amide bonds. The molecule has 0 aliphatic rings. The van der Waals surface area contributed by atoms with Gasteiger partial charge in [0.1, 0.15) is 17.6 Å². The number of hydrogen-bond acceptors (Lipinski definition) is 3. The first-order chi connectivity index (χ1) is 9.02. The van der Waals surface area contributed by atoms with Gasteiger partial charge in [0, 0.05) is 6.08 Å². The summed E-state index contributed by atoms with van der Waals surface area (Å²) in [6.07, 6.45) is 4.88. The zero-order valence-corrected chi connectivity index (χ0v) is 11.2. The SMILES string of the molecule is CCCCC(NC(=O)/C=C/c1ccc(C)o1)C(=O)O. The highest BCUT2D eigenvalue weighted by atomic mass is 16.4. The second-order valence-corrected chi connectivity index (χ2v) is 4.32. The van der Waals surface area contributed by atoms with Crippen molar-refractivity contribution in [1.29, 1.82) is 0 Å². The van der Waals surface area contributed by atoms with E-state index in [0.29, 0.717) is 12.2 Å². The first-order valence-corrected chi connectivity index (χ1v) is 6.30. The van der Waals surface area contributed by atoms with Crippen LogP contribution in [0.5, 0.6) is 0 Å². The Morgan fingerprint density at radius 1 is 1.47 bits per heavy atom. The molecule has 0 radical (unpaired) electrons. The number of carbonyl (C=O) groups is 2. The van der Waals surface area contributed by atoms with Crippen LogP contribution in [0.1, 0.15) is 37.7 Å². The molecule has 0 saturated carbocycles. The van der Waals surface area contributed by atoms with Crippen LogP contribution in [-0.4, -0.2) is 23.0 Å². The van der Waals surface area contributed by atoms with Gasteiger partial charge in [-0.2, -0.15) is 0 Å². The van der Waals surface area contributed by atoms with Crippen LogP contribution in [0.3, 0.4) is 0 Å². The average Bonchev–Trinajstić information content (AvgIpc) is 2.77. The summed E-state index contributed by atoms with van der Waals surface area (Å²) in [5.41, 5.74) is 0. The highest BCUT2D eigenvalue weighted by molar-refractivity contribution is 5.94. The number of carbonyl (C=O) groups excluding carboxylic acids is 1. The van der Waals surface area contributed by atoms with Crippen molar-refractivity contribution < 1.29 is 19.1 Å². The molecular formula is C14H19NO4. The first kappa shape index (κ1) is 15.0. The molecule has 1 atom stereocenters. The molecular weight excluding hydrogens is 246 g/mol. The number of carboxylic acid groups (broad SMARTS) is 1. The third-order valence-electron chi connectivity index (χ3n) is 2.62. The van der Waals surface area contributed by atoms with Crippen LogP contribution in [0.2, 0.25) is 0 Å². The molecule has 5 nitrogen and oxygen atoms in total. The van der Waals surface area contributed by atoms with E-state index in [1.54, 1.807) is 12.1 Å². The van der Waals surface area contributed by atoms with Gasteiger partial charge in [-0.25, -0.2) is 4.79 Å². The monoisotopic (exact) mass is 265 g/mol. The van der Waals surface area contributed by atoms with Crippen LogP contribution in [0, 0.1) is 6.92 Å². The van der Waals surface area contributed by atoms with Crippen molar-refractivity contribution in [3.8, 4) is 0 Å². The lowest BCUT2D eigenvalue weighted by Gasteiger charge is -2.12. The molecule has 0 bridgehead atoms. The Hall–Kier alpha value is -2.04. The number of aryl methyl sites for hydroxylation is 1. The van der Waals surface area contributed by atoms with Crippen molar-refractivity contribution in [2.75, 3.05) is 0 Å². The maximum atomic E-state index is 11.6. The number of amides is 1. The molecule has 0 fully saturated rings. The number of unbranched alkanes of at least 4 members (excludes halogenated alkanes) is 1. The largest absolute Gasteiger partial charge is 0.480 e. The Morgan fingerprint density at radius 3 is 2.74 bits per heavy atom. The summed E-state index contributed by atoms with van der Waals surface area (Å²) in [5, 5.41) is 11.4. The number of furan rings is 1. The summed E-state index contributed by atoms with van der Waals surface area (Å²) < 4.78 is 5.27. The van der Waals surface area contributed by atoms with Crippen molar-refractivity contribution in [3.05, 3.63) is 29.7 Å². The first-order valence-electron chi connectivity index (χ1n) is 6.30. The van der Waals surface area contributed by atoms with E-state index in [1.165, 1.54) is 12.2 Å². The maximum Gasteiger partial charge on any atom is 0.326 e. The fraction of sp³-hybridized carbons (Fsp3) is 0.429. The molecule has 104 valence electrons. The minimum atomic E-state index is -1.01. The number of nitrogens with one attached hydrogen (secondary N) is 1. The van der Waals surface area contributed by atoms with Crippen LogP contribution in [0.25, 0.3) is 6.08 Å². The summed E-state index contributed by atoms with van der Waals surface area (Å²) in [6, 6.07) is 2.69. The average molecular weight is 265 g/mol. The standard InChI is InChI=1S/C14H19NO4/c1-3-4-5-12(14(17)18)15-13(16)9-8-11-7-6-10(2)19-11/h6-9,12H,3-5H2,1-2H3,(H,15,16)(H,17,18)/b9-8+. The molecule has 0 aliphatic heterocycles. The number of carboxylic acids is 1. The summed E-state index contributed by atoms with van der Waals surface area (Å²) in [6.45, 7) is 3.78. The van der Waals surface area contributed by atoms with E-state index in [2.05, 4.69) is 5.32 Å². The Bertz CT molecular complexity index is 462. The van der Waals surface area contributed by atoms with Gasteiger partial charge in [0.05, 0.1) is 0 Å². The molecule has 1 rings (SSSR count). The van der Waals surface area contributed by atoms with Crippen LogP contribution in [0.4, 0.5) is 0 Å². The van der Waals surface area contributed by atoms with Gasteiger partial charge < -0.3 is 14.8 Å². The van der Waals surface area contributed by atoms with E-state index in [-0.39, 0.29) is 0 Å². The van der Waals surface area contributed by atoms with E-state index in [9.17, 15) is 9.59 Å². The van der Waals surface area contributed by atoms with Crippen LogP contribution in [0.15, 0.2) is 22.6 Å². The molecule has 0 spiro atoms. The van der Waals surface area contributed by atoms with Gasteiger partial charge in [-0.1, -0.05) is 19.8 Å². The zero-order valence-electron chi connectivity index (χ0n) is 11.2. The summed E-state index contributed by atoms with van der Waals surface area (Å²) >= 11 is 0. The lowest BCUT2D eigenvalue weighted by Crippen LogP contribution is -2.39. The maximum absolute atomic E-state index is 11.6. The number of rotatable bonds is 7. The van der Waals surface area contributed by atoms with Gasteiger partial charge in [0.25, 0.3) is 0 Å². The van der Waals surface area contributed by atoms with Crippen molar-refractivity contribution in [3.63, 3.8) is 0 Å². The van der Waals surface area contributed by atoms with Crippen LogP contribution < -0.4 is 5.32 Å². The Morgan fingerprint density at radius 2 is 2.21 bits per heavy atom. The van der Waals surface area contributed by atoms with E-state index in [0.717, 1.165) is 18.6 Å². The quantitative estimate of drug-likeness (QED) is 0.742. The second-order valence-electron chi connectivity index (χ2n) is 4.32. The predicted octanol–water partition coefficient (Wildman–Crippen LogP) is 2.36. The van der Waals surface area contributed by atoms with Crippen molar-refractivity contribution in [2.45, 2.75) is 39.2 Å². The summed E-state index contributed by atoms with van der Waals surface area (Å²) in [5.74, 6) is -0.124. The van der Waals surface area contributed by atoms with E-state index in [4.69, 9.17) is 9.52 Å².